The highest BCUT2D eigenvalue weighted by Crippen LogP contribution is 2.46. The number of benzene rings is 2. The Labute approximate surface area is 143 Å². The summed E-state index contributed by atoms with van der Waals surface area (Å²) in [5.74, 6) is -0.834. The van der Waals surface area contributed by atoms with Crippen LogP contribution in [0.4, 0.5) is 23.2 Å². The lowest BCUT2D eigenvalue weighted by atomic mass is 9.95. The van der Waals surface area contributed by atoms with E-state index < -0.39 is 17.6 Å². The Kier molecular flexibility index (Phi) is 3.95. The number of para-hydroxylation sites is 1. The third-order valence-electron chi connectivity index (χ3n) is 5.08. The van der Waals surface area contributed by atoms with Gasteiger partial charge >= 0.3 is 6.18 Å². The fourth-order valence-electron chi connectivity index (χ4n) is 4.02. The van der Waals surface area contributed by atoms with Gasteiger partial charge < -0.3 is 10.2 Å². The number of halogens is 4. The van der Waals surface area contributed by atoms with Crippen molar-refractivity contribution in [3.05, 3.63) is 53.3 Å². The first-order valence-electron chi connectivity index (χ1n) is 8.42. The summed E-state index contributed by atoms with van der Waals surface area (Å²) in [4.78, 5) is 2.15. The molecule has 2 heterocycles. The van der Waals surface area contributed by atoms with Crippen molar-refractivity contribution in [2.24, 2.45) is 0 Å². The molecule has 0 spiro atoms. The Morgan fingerprint density at radius 2 is 1.84 bits per heavy atom. The summed E-state index contributed by atoms with van der Waals surface area (Å²) in [6.07, 6.45) is -2.88. The van der Waals surface area contributed by atoms with Crippen LogP contribution >= 0.6 is 0 Å². The Balaban J connectivity index is 1.92. The van der Waals surface area contributed by atoms with E-state index in [9.17, 15) is 17.6 Å². The first-order chi connectivity index (χ1) is 12.0. The summed E-state index contributed by atoms with van der Waals surface area (Å²) in [5.41, 5.74) is 0.835. The van der Waals surface area contributed by atoms with Gasteiger partial charge in [-0.25, -0.2) is 4.39 Å². The molecule has 0 aliphatic carbocycles. The monoisotopic (exact) mass is 350 g/mol. The highest BCUT2D eigenvalue weighted by molar-refractivity contribution is 5.85. The zero-order valence-electron chi connectivity index (χ0n) is 13.5. The number of hydrogen-bond donors (Lipinski definition) is 1. The van der Waals surface area contributed by atoms with Crippen molar-refractivity contribution in [3.8, 4) is 11.1 Å². The van der Waals surface area contributed by atoms with Gasteiger partial charge in [0.2, 0.25) is 0 Å². The van der Waals surface area contributed by atoms with Gasteiger partial charge in [0.15, 0.2) is 0 Å². The molecule has 2 aromatic rings. The Morgan fingerprint density at radius 3 is 2.64 bits per heavy atom. The third-order valence-corrected chi connectivity index (χ3v) is 5.08. The summed E-state index contributed by atoms with van der Waals surface area (Å²) < 4.78 is 54.9. The van der Waals surface area contributed by atoms with Crippen LogP contribution < -0.4 is 10.2 Å². The van der Waals surface area contributed by atoms with Gasteiger partial charge in [-0.2, -0.15) is 13.2 Å². The standard InChI is InChI=1S/C19H18F4N2/c20-16-6-2-5-15(19(21,22)23)17(16)14-4-1-3-12-11-13-7-8-24-9-10-25(13)18(12)14/h1-6,13,24H,7-11H2. The Hall–Kier alpha value is -2.08. The van der Waals surface area contributed by atoms with Crippen molar-refractivity contribution in [2.45, 2.75) is 25.1 Å². The van der Waals surface area contributed by atoms with Crippen LogP contribution in [0.15, 0.2) is 36.4 Å². The third kappa shape index (κ3) is 2.78. The molecule has 0 aromatic heterocycles. The van der Waals surface area contributed by atoms with Crippen molar-refractivity contribution < 1.29 is 17.6 Å². The smallest absolute Gasteiger partial charge is 0.366 e. The van der Waals surface area contributed by atoms with E-state index in [1.807, 2.05) is 6.07 Å². The fourth-order valence-corrected chi connectivity index (χ4v) is 4.02. The van der Waals surface area contributed by atoms with E-state index in [0.717, 1.165) is 55.4 Å². The number of anilines is 1. The number of hydrogen-bond acceptors (Lipinski definition) is 2. The van der Waals surface area contributed by atoms with Gasteiger partial charge in [-0.1, -0.05) is 24.3 Å². The number of rotatable bonds is 1. The molecule has 0 amide bonds. The quantitative estimate of drug-likeness (QED) is 0.774. The van der Waals surface area contributed by atoms with Gasteiger partial charge in [-0.3, -0.25) is 0 Å². The van der Waals surface area contributed by atoms with Gasteiger partial charge in [-0.05, 0) is 37.1 Å². The number of alkyl halides is 3. The highest BCUT2D eigenvalue weighted by atomic mass is 19.4. The summed E-state index contributed by atoms with van der Waals surface area (Å²) in [5, 5.41) is 3.32. The van der Waals surface area contributed by atoms with Gasteiger partial charge in [0.25, 0.3) is 0 Å². The lowest BCUT2D eigenvalue weighted by molar-refractivity contribution is -0.137. The molecule has 2 aliphatic rings. The number of fused-ring (bicyclic) bond motifs is 3. The van der Waals surface area contributed by atoms with Crippen LogP contribution in [-0.2, 0) is 12.6 Å². The Bertz CT molecular complexity index is 800. The van der Waals surface area contributed by atoms with Crippen molar-refractivity contribution in [2.75, 3.05) is 24.5 Å². The summed E-state index contributed by atoms with van der Waals surface area (Å²) in [6, 6.07) is 8.69. The topological polar surface area (TPSA) is 15.3 Å². The minimum absolute atomic E-state index is 0.257. The average molecular weight is 350 g/mol. The predicted molar refractivity (Wildman–Crippen MR) is 89.2 cm³/mol. The largest absolute Gasteiger partial charge is 0.417 e. The molecule has 2 aromatic carbocycles. The number of nitrogens with zero attached hydrogens (tertiary/aromatic N) is 1. The van der Waals surface area contributed by atoms with Crippen molar-refractivity contribution >= 4 is 5.69 Å². The van der Waals surface area contributed by atoms with E-state index >= 15 is 0 Å². The first-order valence-corrected chi connectivity index (χ1v) is 8.42. The molecule has 1 unspecified atom stereocenters. The first kappa shape index (κ1) is 16.4. The second-order valence-electron chi connectivity index (χ2n) is 6.56. The van der Waals surface area contributed by atoms with Crippen LogP contribution in [0.25, 0.3) is 11.1 Å². The lowest BCUT2D eigenvalue weighted by Crippen LogP contribution is -2.33. The second-order valence-corrected chi connectivity index (χ2v) is 6.56. The maximum atomic E-state index is 14.5. The molecule has 25 heavy (non-hydrogen) atoms. The van der Waals surface area contributed by atoms with Crippen molar-refractivity contribution in [1.29, 1.82) is 0 Å². The van der Waals surface area contributed by atoms with E-state index in [1.54, 1.807) is 12.1 Å². The molecule has 2 nitrogen and oxygen atoms in total. The normalized spacial score (nSPS) is 20.2. The molecular weight excluding hydrogens is 332 g/mol. The second kappa shape index (κ2) is 6.02. The minimum Gasteiger partial charge on any atom is -0.366 e. The maximum Gasteiger partial charge on any atom is 0.417 e. The summed E-state index contributed by atoms with van der Waals surface area (Å²) in [7, 11) is 0. The van der Waals surface area contributed by atoms with Crippen LogP contribution in [0.1, 0.15) is 17.5 Å². The van der Waals surface area contributed by atoms with Gasteiger partial charge in [0.05, 0.1) is 5.56 Å². The lowest BCUT2D eigenvalue weighted by Gasteiger charge is -2.27. The molecule has 0 bridgehead atoms. The molecule has 6 heteroatoms. The molecule has 0 radical (unpaired) electrons. The van der Waals surface area contributed by atoms with Crippen LogP contribution in [0.3, 0.4) is 0 Å². The van der Waals surface area contributed by atoms with Crippen molar-refractivity contribution in [1.82, 2.24) is 5.32 Å². The Morgan fingerprint density at radius 1 is 1.04 bits per heavy atom. The zero-order valence-corrected chi connectivity index (χ0v) is 13.5. The SMILES string of the molecule is Fc1cccc(C(F)(F)F)c1-c1cccc2c1N1CCNCCC1C2. The molecule has 1 saturated heterocycles. The van der Waals surface area contributed by atoms with E-state index in [0.29, 0.717) is 12.1 Å². The molecule has 1 atom stereocenters. The fraction of sp³-hybridized carbons (Fsp3) is 0.368. The molecule has 2 aliphatic heterocycles. The van der Waals surface area contributed by atoms with E-state index in [4.69, 9.17) is 0 Å². The average Bonchev–Trinajstić information content (AvgIpc) is 2.76. The van der Waals surface area contributed by atoms with E-state index in [1.165, 1.54) is 0 Å². The molecular formula is C19H18F4N2. The minimum atomic E-state index is -4.60. The zero-order chi connectivity index (χ0) is 17.6. The molecule has 0 saturated carbocycles. The molecule has 1 N–H and O–H groups in total. The van der Waals surface area contributed by atoms with Crippen LogP contribution in [0.5, 0.6) is 0 Å². The van der Waals surface area contributed by atoms with Crippen LogP contribution in [0.2, 0.25) is 0 Å². The molecule has 4 rings (SSSR count). The van der Waals surface area contributed by atoms with Gasteiger partial charge in [-0.15, -0.1) is 0 Å². The summed E-state index contributed by atoms with van der Waals surface area (Å²) in [6.45, 7) is 2.37. The van der Waals surface area contributed by atoms with E-state index in [2.05, 4.69) is 10.2 Å². The predicted octanol–water partition coefficient (Wildman–Crippen LogP) is 4.24. The van der Waals surface area contributed by atoms with Gasteiger partial charge in [0.1, 0.15) is 5.82 Å². The van der Waals surface area contributed by atoms with Gasteiger partial charge in [0, 0.05) is 35.9 Å². The van der Waals surface area contributed by atoms with E-state index in [-0.39, 0.29) is 11.6 Å². The maximum absolute atomic E-state index is 14.5. The molecule has 132 valence electrons. The van der Waals surface area contributed by atoms with Crippen molar-refractivity contribution in [3.63, 3.8) is 0 Å². The summed E-state index contributed by atoms with van der Waals surface area (Å²) >= 11 is 0. The number of nitrogens with one attached hydrogen (secondary N) is 1. The highest BCUT2D eigenvalue weighted by Gasteiger charge is 2.38. The van der Waals surface area contributed by atoms with Crippen LogP contribution in [-0.4, -0.2) is 25.7 Å². The molecule has 1 fully saturated rings. The van der Waals surface area contributed by atoms with Crippen LogP contribution in [0, 0.1) is 5.82 Å².